The van der Waals surface area contributed by atoms with Crippen LogP contribution in [0.2, 0.25) is 0 Å². The summed E-state index contributed by atoms with van der Waals surface area (Å²) in [5.74, 6) is -0.221. The van der Waals surface area contributed by atoms with Crippen LogP contribution in [0.1, 0.15) is 19.9 Å². The molecule has 0 spiro atoms. The van der Waals surface area contributed by atoms with Gasteiger partial charge in [0.1, 0.15) is 17.2 Å². The SMILES string of the molecule is CC(C)C(n1cc(-c2cc(N3CCOCC3)n(C)n2)c2[nH]nc(N)c2c1=O)C(F)(F)F. The van der Waals surface area contributed by atoms with Crippen LogP contribution in [-0.2, 0) is 11.8 Å². The molecule has 0 saturated carbocycles. The van der Waals surface area contributed by atoms with Crippen LogP contribution < -0.4 is 16.2 Å². The number of nitrogen functional groups attached to an aromatic ring is 1. The van der Waals surface area contributed by atoms with Crippen molar-refractivity contribution in [2.45, 2.75) is 26.1 Å². The number of nitrogens with one attached hydrogen (secondary N) is 1. The van der Waals surface area contributed by atoms with Crippen LogP contribution >= 0.6 is 0 Å². The Balaban J connectivity index is 1.93. The number of aromatic amines is 1. The summed E-state index contributed by atoms with van der Waals surface area (Å²) >= 11 is 0. The third-order valence-electron chi connectivity index (χ3n) is 5.51. The number of aryl methyl sites for hydroxylation is 1. The zero-order valence-corrected chi connectivity index (χ0v) is 17.4. The minimum atomic E-state index is -4.62. The van der Waals surface area contributed by atoms with Crippen molar-refractivity contribution in [1.82, 2.24) is 24.5 Å². The van der Waals surface area contributed by atoms with Gasteiger partial charge in [-0.2, -0.15) is 23.4 Å². The molecule has 3 N–H and O–H groups in total. The molecule has 1 unspecified atom stereocenters. The Kier molecular flexibility index (Phi) is 5.20. The Morgan fingerprint density at radius 1 is 1.26 bits per heavy atom. The van der Waals surface area contributed by atoms with Gasteiger partial charge in [0, 0.05) is 38.0 Å². The van der Waals surface area contributed by atoms with Gasteiger partial charge in [-0.25, -0.2) is 0 Å². The molecule has 168 valence electrons. The van der Waals surface area contributed by atoms with Crippen LogP contribution in [0, 0.1) is 5.92 Å². The van der Waals surface area contributed by atoms with Gasteiger partial charge in [-0.05, 0) is 5.92 Å². The second-order valence-corrected chi connectivity index (χ2v) is 7.96. The molecular formula is C19H24F3N7O2. The van der Waals surface area contributed by atoms with Crippen molar-refractivity contribution in [1.29, 1.82) is 0 Å². The molecule has 0 aliphatic carbocycles. The first-order chi connectivity index (χ1) is 14.6. The second kappa shape index (κ2) is 7.59. The molecule has 0 radical (unpaired) electrons. The zero-order chi connectivity index (χ0) is 22.5. The topological polar surface area (TPSA) is 107 Å². The van der Waals surface area contributed by atoms with Crippen molar-refractivity contribution in [3.63, 3.8) is 0 Å². The summed E-state index contributed by atoms with van der Waals surface area (Å²) in [6.45, 7) is 5.35. The highest BCUT2D eigenvalue weighted by molar-refractivity contribution is 5.97. The molecule has 1 atom stereocenters. The lowest BCUT2D eigenvalue weighted by atomic mass is 10.0. The number of aromatic nitrogens is 5. The standard InChI is InChI=1S/C19H24F3N7O2/c1-10(2)16(19(20,21)22)29-9-11(15-14(18(29)30)17(23)25-24-15)12-8-13(27(3)26-12)28-4-6-31-7-5-28/h8-10,16H,4-7H2,1-3H3,(H3,23,24,25). The maximum Gasteiger partial charge on any atom is 0.409 e. The summed E-state index contributed by atoms with van der Waals surface area (Å²) in [7, 11) is 1.76. The number of nitrogens with zero attached hydrogens (tertiary/aromatic N) is 5. The highest BCUT2D eigenvalue weighted by Crippen LogP contribution is 2.38. The van der Waals surface area contributed by atoms with Crippen molar-refractivity contribution < 1.29 is 17.9 Å². The first kappa shape index (κ1) is 21.2. The Morgan fingerprint density at radius 2 is 1.94 bits per heavy atom. The fraction of sp³-hybridized carbons (Fsp3) is 0.526. The highest BCUT2D eigenvalue weighted by Gasteiger charge is 2.44. The second-order valence-electron chi connectivity index (χ2n) is 7.96. The van der Waals surface area contributed by atoms with E-state index in [0.29, 0.717) is 42.1 Å². The number of hydrogen-bond donors (Lipinski definition) is 2. The molecule has 1 aliphatic heterocycles. The van der Waals surface area contributed by atoms with E-state index in [-0.39, 0.29) is 16.7 Å². The van der Waals surface area contributed by atoms with Gasteiger partial charge in [0.2, 0.25) is 0 Å². The van der Waals surface area contributed by atoms with E-state index < -0.39 is 23.7 Å². The normalized spacial score (nSPS) is 16.4. The molecule has 0 aromatic carbocycles. The maximum atomic E-state index is 13.9. The lowest BCUT2D eigenvalue weighted by Gasteiger charge is -2.28. The highest BCUT2D eigenvalue weighted by atomic mass is 19.4. The Hall–Kier alpha value is -3.02. The van der Waals surface area contributed by atoms with Crippen molar-refractivity contribution in [2.24, 2.45) is 13.0 Å². The number of pyridine rings is 1. The Labute approximate surface area is 175 Å². The van der Waals surface area contributed by atoms with E-state index in [2.05, 4.69) is 20.2 Å². The average molecular weight is 439 g/mol. The van der Waals surface area contributed by atoms with E-state index in [1.54, 1.807) is 17.8 Å². The first-order valence-electron chi connectivity index (χ1n) is 9.92. The van der Waals surface area contributed by atoms with Crippen LogP contribution in [0.3, 0.4) is 0 Å². The molecule has 31 heavy (non-hydrogen) atoms. The predicted molar refractivity (Wildman–Crippen MR) is 110 cm³/mol. The van der Waals surface area contributed by atoms with Gasteiger partial charge in [-0.3, -0.25) is 14.6 Å². The number of fused-ring (bicyclic) bond motifs is 1. The first-order valence-corrected chi connectivity index (χ1v) is 9.92. The van der Waals surface area contributed by atoms with Crippen LogP contribution in [0.15, 0.2) is 17.1 Å². The summed E-state index contributed by atoms with van der Waals surface area (Å²) in [5.41, 5.74) is 6.00. The molecule has 9 nitrogen and oxygen atoms in total. The van der Waals surface area contributed by atoms with Gasteiger partial charge in [-0.1, -0.05) is 13.8 Å². The minimum absolute atomic E-state index is 0.0778. The lowest BCUT2D eigenvalue weighted by molar-refractivity contribution is -0.178. The van der Waals surface area contributed by atoms with Crippen LogP contribution in [0.25, 0.3) is 22.2 Å². The number of ether oxygens (including phenoxy) is 1. The summed E-state index contributed by atoms with van der Waals surface area (Å²) in [6.07, 6.45) is -3.42. The number of hydrogen-bond acceptors (Lipinski definition) is 6. The Bertz CT molecular complexity index is 1160. The molecule has 0 bridgehead atoms. The summed E-state index contributed by atoms with van der Waals surface area (Å²) < 4.78 is 49.3. The minimum Gasteiger partial charge on any atom is -0.382 e. The van der Waals surface area contributed by atoms with Crippen molar-refractivity contribution in [3.05, 3.63) is 22.6 Å². The lowest BCUT2D eigenvalue weighted by Crippen LogP contribution is -2.37. The molecule has 1 saturated heterocycles. The summed E-state index contributed by atoms with van der Waals surface area (Å²) in [4.78, 5) is 15.1. The van der Waals surface area contributed by atoms with Crippen LogP contribution in [-0.4, -0.2) is 57.0 Å². The molecule has 0 amide bonds. The Morgan fingerprint density at radius 3 is 2.55 bits per heavy atom. The van der Waals surface area contributed by atoms with E-state index in [1.807, 2.05) is 0 Å². The van der Waals surface area contributed by atoms with Gasteiger partial charge in [0.05, 0.1) is 24.4 Å². The zero-order valence-electron chi connectivity index (χ0n) is 17.4. The van der Waals surface area contributed by atoms with Gasteiger partial charge in [0.15, 0.2) is 5.82 Å². The molecule has 1 fully saturated rings. The number of alkyl halides is 3. The number of morpholine rings is 1. The summed E-state index contributed by atoms with van der Waals surface area (Å²) in [5, 5.41) is 11.0. The third kappa shape index (κ3) is 3.64. The molecular weight excluding hydrogens is 415 g/mol. The summed E-state index contributed by atoms with van der Waals surface area (Å²) in [6, 6.07) is -0.232. The van der Waals surface area contributed by atoms with E-state index in [0.717, 1.165) is 5.82 Å². The van der Waals surface area contributed by atoms with Crippen molar-refractivity contribution >= 4 is 22.5 Å². The average Bonchev–Trinajstić information content (AvgIpc) is 3.27. The van der Waals surface area contributed by atoms with Gasteiger partial charge in [-0.15, -0.1) is 0 Å². The van der Waals surface area contributed by atoms with Crippen molar-refractivity contribution in [2.75, 3.05) is 36.9 Å². The van der Waals surface area contributed by atoms with Gasteiger partial charge in [0.25, 0.3) is 5.56 Å². The fourth-order valence-electron chi connectivity index (χ4n) is 4.09. The predicted octanol–water partition coefficient (Wildman–Crippen LogP) is 2.30. The van der Waals surface area contributed by atoms with E-state index in [1.165, 1.54) is 20.0 Å². The molecule has 4 heterocycles. The molecule has 12 heteroatoms. The van der Waals surface area contributed by atoms with Crippen LogP contribution in [0.4, 0.5) is 24.8 Å². The molecule has 4 rings (SSSR count). The van der Waals surface area contributed by atoms with Crippen molar-refractivity contribution in [3.8, 4) is 11.3 Å². The van der Waals surface area contributed by atoms with Gasteiger partial charge < -0.3 is 19.9 Å². The number of nitrogens with two attached hydrogens (primary N) is 1. The maximum absolute atomic E-state index is 13.9. The number of halogens is 3. The molecule has 3 aromatic rings. The third-order valence-corrected chi connectivity index (χ3v) is 5.51. The number of rotatable bonds is 4. The molecule has 3 aromatic heterocycles. The largest absolute Gasteiger partial charge is 0.409 e. The van der Waals surface area contributed by atoms with E-state index in [9.17, 15) is 18.0 Å². The smallest absolute Gasteiger partial charge is 0.382 e. The quantitative estimate of drug-likeness (QED) is 0.646. The monoisotopic (exact) mass is 439 g/mol. The molecule has 1 aliphatic rings. The van der Waals surface area contributed by atoms with E-state index in [4.69, 9.17) is 10.5 Å². The number of H-pyrrole nitrogens is 1. The number of anilines is 2. The van der Waals surface area contributed by atoms with E-state index >= 15 is 0 Å². The fourth-order valence-corrected chi connectivity index (χ4v) is 4.09. The van der Waals surface area contributed by atoms with Crippen LogP contribution in [0.5, 0.6) is 0 Å². The van der Waals surface area contributed by atoms with Gasteiger partial charge >= 0.3 is 6.18 Å².